The van der Waals surface area contributed by atoms with Crippen molar-refractivity contribution in [2.75, 3.05) is 6.54 Å². The summed E-state index contributed by atoms with van der Waals surface area (Å²) in [4.78, 5) is 10.8. The molecule has 1 rings (SSSR count). The van der Waals surface area contributed by atoms with Crippen LogP contribution in [0.3, 0.4) is 0 Å². The first kappa shape index (κ1) is 13.5. The lowest BCUT2D eigenvalue weighted by Gasteiger charge is -2.14. The van der Waals surface area contributed by atoms with Crippen LogP contribution < -0.4 is 5.73 Å². The van der Waals surface area contributed by atoms with Crippen molar-refractivity contribution in [1.29, 1.82) is 0 Å². The van der Waals surface area contributed by atoms with Crippen LogP contribution in [0, 0.1) is 11.6 Å². The van der Waals surface area contributed by atoms with Crippen molar-refractivity contribution in [3.05, 3.63) is 34.9 Å². The summed E-state index contributed by atoms with van der Waals surface area (Å²) in [5.74, 6) is -5.34. The monoisotopic (exact) mass is 247 g/mol. The molecule has 0 fully saturated rings. The van der Waals surface area contributed by atoms with Gasteiger partial charge < -0.3 is 10.8 Å². The normalized spacial score (nSPS) is 14.4. The Balaban J connectivity index is 3.35. The number of rotatable bonds is 4. The van der Waals surface area contributed by atoms with Crippen LogP contribution in [0.4, 0.5) is 13.2 Å². The first-order chi connectivity index (χ1) is 7.88. The van der Waals surface area contributed by atoms with Crippen molar-refractivity contribution in [3.8, 4) is 0 Å². The number of carbonyl (C=O) groups is 1. The van der Waals surface area contributed by atoms with Gasteiger partial charge in [-0.3, -0.25) is 4.79 Å². The molecule has 3 N–H and O–H groups in total. The van der Waals surface area contributed by atoms with E-state index < -0.39 is 41.8 Å². The molecule has 0 saturated heterocycles. The molecule has 0 heterocycles. The van der Waals surface area contributed by atoms with Crippen molar-refractivity contribution >= 4 is 5.97 Å². The van der Waals surface area contributed by atoms with Crippen LogP contribution in [0.5, 0.6) is 0 Å². The molecule has 0 saturated carbocycles. The molecule has 0 aromatic heterocycles. The van der Waals surface area contributed by atoms with Gasteiger partial charge in [-0.05, 0) is 24.6 Å². The van der Waals surface area contributed by atoms with Gasteiger partial charge in [-0.15, -0.1) is 0 Å². The van der Waals surface area contributed by atoms with E-state index >= 15 is 0 Å². The second-order valence-electron chi connectivity index (χ2n) is 3.65. The average molecular weight is 247 g/mol. The number of halogens is 3. The molecule has 0 radical (unpaired) electrons. The van der Waals surface area contributed by atoms with Gasteiger partial charge in [0.15, 0.2) is 11.6 Å². The lowest BCUT2D eigenvalue weighted by Crippen LogP contribution is -2.23. The van der Waals surface area contributed by atoms with Gasteiger partial charge in [0.1, 0.15) is 6.17 Å². The topological polar surface area (TPSA) is 63.3 Å². The van der Waals surface area contributed by atoms with Gasteiger partial charge in [-0.25, -0.2) is 13.2 Å². The molecule has 6 heteroatoms. The summed E-state index contributed by atoms with van der Waals surface area (Å²) in [6, 6.07) is 1.70. The van der Waals surface area contributed by atoms with E-state index in [0.29, 0.717) is 6.07 Å². The number of alkyl halides is 1. The number of benzene rings is 1. The van der Waals surface area contributed by atoms with Crippen LogP contribution in [-0.2, 0) is 4.79 Å². The summed E-state index contributed by atoms with van der Waals surface area (Å²) < 4.78 is 39.6. The molecule has 3 nitrogen and oxygen atoms in total. The molecule has 17 heavy (non-hydrogen) atoms. The van der Waals surface area contributed by atoms with Gasteiger partial charge in [0, 0.05) is 12.1 Å². The standard InChI is InChI=1S/C11H12F3NO2/c1-5(12)6-2-7(8(4-15)11(16)17)10(14)9(13)3-6/h2-3,5,8H,4,15H2,1H3,(H,16,17). The summed E-state index contributed by atoms with van der Waals surface area (Å²) in [6.07, 6.45) is -1.52. The highest BCUT2D eigenvalue weighted by atomic mass is 19.2. The highest BCUT2D eigenvalue weighted by molar-refractivity contribution is 5.76. The maximum absolute atomic E-state index is 13.4. The van der Waals surface area contributed by atoms with E-state index in [1.807, 2.05) is 0 Å². The highest BCUT2D eigenvalue weighted by Gasteiger charge is 2.25. The molecule has 0 spiro atoms. The Labute approximate surface area is 96.0 Å². The van der Waals surface area contributed by atoms with Crippen molar-refractivity contribution in [3.63, 3.8) is 0 Å². The molecule has 2 unspecified atom stereocenters. The number of aliphatic carboxylic acids is 1. The molecule has 0 bridgehead atoms. The van der Waals surface area contributed by atoms with E-state index in [-0.39, 0.29) is 5.56 Å². The third kappa shape index (κ3) is 2.76. The van der Waals surface area contributed by atoms with Crippen LogP contribution in [0.2, 0.25) is 0 Å². The number of hydrogen-bond donors (Lipinski definition) is 2. The predicted molar refractivity (Wildman–Crippen MR) is 55.3 cm³/mol. The van der Waals surface area contributed by atoms with Gasteiger partial charge in [-0.2, -0.15) is 0 Å². The van der Waals surface area contributed by atoms with Gasteiger partial charge in [0.25, 0.3) is 0 Å². The van der Waals surface area contributed by atoms with Gasteiger partial charge >= 0.3 is 5.97 Å². The quantitative estimate of drug-likeness (QED) is 0.856. The summed E-state index contributed by atoms with van der Waals surface area (Å²) in [7, 11) is 0. The van der Waals surface area contributed by atoms with Gasteiger partial charge in [-0.1, -0.05) is 0 Å². The maximum atomic E-state index is 13.4. The minimum atomic E-state index is -1.52. The first-order valence-corrected chi connectivity index (χ1v) is 4.94. The van der Waals surface area contributed by atoms with Crippen LogP contribution in [0.25, 0.3) is 0 Å². The molecule has 0 amide bonds. The van der Waals surface area contributed by atoms with E-state index in [1.54, 1.807) is 0 Å². The van der Waals surface area contributed by atoms with E-state index in [0.717, 1.165) is 13.0 Å². The number of carboxylic acid groups (broad SMARTS) is 1. The SMILES string of the molecule is CC(F)c1cc(F)c(F)c(C(CN)C(=O)O)c1. The van der Waals surface area contributed by atoms with Crippen LogP contribution >= 0.6 is 0 Å². The van der Waals surface area contributed by atoms with E-state index in [9.17, 15) is 18.0 Å². The molecular formula is C11H12F3NO2. The molecule has 1 aromatic rings. The zero-order valence-electron chi connectivity index (χ0n) is 9.08. The zero-order valence-corrected chi connectivity index (χ0v) is 9.08. The molecule has 0 aliphatic heterocycles. The minimum Gasteiger partial charge on any atom is -0.481 e. The zero-order chi connectivity index (χ0) is 13.2. The second kappa shape index (κ2) is 5.18. The Morgan fingerprint density at radius 2 is 2.06 bits per heavy atom. The fourth-order valence-corrected chi connectivity index (χ4v) is 1.48. The molecular weight excluding hydrogens is 235 g/mol. The Kier molecular flexibility index (Phi) is 4.11. The van der Waals surface area contributed by atoms with E-state index in [4.69, 9.17) is 10.8 Å². The summed E-state index contributed by atoms with van der Waals surface area (Å²) in [5, 5.41) is 8.81. The summed E-state index contributed by atoms with van der Waals surface area (Å²) >= 11 is 0. The summed E-state index contributed by atoms with van der Waals surface area (Å²) in [6.45, 7) is 0.754. The van der Waals surface area contributed by atoms with E-state index in [1.165, 1.54) is 0 Å². The lowest BCUT2D eigenvalue weighted by molar-refractivity contribution is -0.138. The third-order valence-electron chi connectivity index (χ3n) is 2.45. The molecule has 2 atom stereocenters. The van der Waals surface area contributed by atoms with Crippen molar-refractivity contribution in [2.24, 2.45) is 5.73 Å². The van der Waals surface area contributed by atoms with Gasteiger partial charge in [0.05, 0.1) is 5.92 Å². The molecule has 0 aliphatic rings. The molecule has 1 aromatic carbocycles. The Bertz CT molecular complexity index is 435. The first-order valence-electron chi connectivity index (χ1n) is 4.94. The highest BCUT2D eigenvalue weighted by Crippen LogP contribution is 2.27. The summed E-state index contributed by atoms with van der Waals surface area (Å²) in [5.41, 5.74) is 4.64. The average Bonchev–Trinajstić information content (AvgIpc) is 2.24. The Hall–Kier alpha value is -1.56. The van der Waals surface area contributed by atoms with Crippen molar-refractivity contribution in [1.82, 2.24) is 0 Å². The molecule has 0 aliphatic carbocycles. The third-order valence-corrected chi connectivity index (χ3v) is 2.45. The van der Waals surface area contributed by atoms with E-state index in [2.05, 4.69) is 0 Å². The fourth-order valence-electron chi connectivity index (χ4n) is 1.48. The Morgan fingerprint density at radius 1 is 1.47 bits per heavy atom. The number of nitrogens with two attached hydrogens (primary N) is 1. The molecule has 94 valence electrons. The van der Waals surface area contributed by atoms with Crippen molar-refractivity contribution in [2.45, 2.75) is 19.0 Å². The smallest absolute Gasteiger partial charge is 0.312 e. The predicted octanol–water partition coefficient (Wildman–Crippen LogP) is 2.12. The maximum Gasteiger partial charge on any atom is 0.312 e. The van der Waals surface area contributed by atoms with Crippen LogP contribution in [0.1, 0.15) is 30.1 Å². The number of hydrogen-bond acceptors (Lipinski definition) is 2. The minimum absolute atomic E-state index is 0.112. The lowest BCUT2D eigenvalue weighted by atomic mass is 9.95. The van der Waals surface area contributed by atoms with Crippen LogP contribution in [-0.4, -0.2) is 17.6 Å². The van der Waals surface area contributed by atoms with Gasteiger partial charge in [0.2, 0.25) is 0 Å². The van der Waals surface area contributed by atoms with Crippen molar-refractivity contribution < 1.29 is 23.1 Å². The fraction of sp³-hybridized carbons (Fsp3) is 0.364. The number of carboxylic acids is 1. The van der Waals surface area contributed by atoms with Crippen LogP contribution in [0.15, 0.2) is 12.1 Å². The largest absolute Gasteiger partial charge is 0.481 e. The second-order valence-corrected chi connectivity index (χ2v) is 3.65. The Morgan fingerprint density at radius 3 is 2.47 bits per heavy atom.